The lowest BCUT2D eigenvalue weighted by Gasteiger charge is -2.36. The van der Waals surface area contributed by atoms with Crippen LogP contribution in [0.15, 0.2) is 42.6 Å². The second-order valence-electron chi connectivity index (χ2n) is 4.79. The quantitative estimate of drug-likeness (QED) is 0.891. The van der Waals surface area contributed by atoms with E-state index in [4.69, 9.17) is 5.73 Å². The van der Waals surface area contributed by atoms with Gasteiger partial charge in [0.15, 0.2) is 0 Å². The number of nitrogens with two attached hydrogens (primary N) is 1. The molecule has 0 saturated carbocycles. The highest BCUT2D eigenvalue weighted by molar-refractivity contribution is 5.78. The van der Waals surface area contributed by atoms with Gasteiger partial charge in [0, 0.05) is 32.9 Å². The van der Waals surface area contributed by atoms with E-state index in [9.17, 15) is 0 Å². The molecule has 3 rings (SSSR count). The van der Waals surface area contributed by atoms with Crippen LogP contribution in [-0.2, 0) is 6.54 Å². The molecule has 0 fully saturated rings. The molecule has 0 atom stereocenters. The molecule has 98 valence electrons. The van der Waals surface area contributed by atoms with Gasteiger partial charge in [0.25, 0.3) is 0 Å². The van der Waals surface area contributed by atoms with Gasteiger partial charge in [-0.05, 0) is 23.8 Å². The van der Waals surface area contributed by atoms with E-state index in [1.165, 1.54) is 11.4 Å². The van der Waals surface area contributed by atoms with Gasteiger partial charge in [-0.3, -0.25) is 0 Å². The zero-order chi connectivity index (χ0) is 13.2. The highest BCUT2D eigenvalue weighted by Gasteiger charge is 2.21. The molecule has 1 aromatic heterocycles. The van der Waals surface area contributed by atoms with Crippen molar-refractivity contribution in [3.8, 4) is 0 Å². The summed E-state index contributed by atoms with van der Waals surface area (Å²) in [6.07, 6.45) is 1.86. The maximum Gasteiger partial charge on any atom is 0.133 e. The van der Waals surface area contributed by atoms with Crippen molar-refractivity contribution in [3.05, 3.63) is 48.2 Å². The molecule has 0 spiro atoms. The number of para-hydroxylation sites is 2. The number of aromatic nitrogens is 1. The maximum absolute atomic E-state index is 5.61. The molecule has 0 unspecified atom stereocenters. The van der Waals surface area contributed by atoms with Crippen LogP contribution in [-0.4, -0.2) is 25.1 Å². The van der Waals surface area contributed by atoms with E-state index in [0.717, 1.165) is 24.5 Å². The molecule has 0 aliphatic carbocycles. The van der Waals surface area contributed by atoms with E-state index >= 15 is 0 Å². The van der Waals surface area contributed by atoms with E-state index in [-0.39, 0.29) is 0 Å². The van der Waals surface area contributed by atoms with Crippen molar-refractivity contribution in [2.45, 2.75) is 6.54 Å². The van der Waals surface area contributed by atoms with Gasteiger partial charge in [0.2, 0.25) is 0 Å². The third-order valence-electron chi connectivity index (χ3n) is 3.56. The Bertz CT molecular complexity index is 565. The first-order valence-electron chi connectivity index (χ1n) is 6.52. The maximum atomic E-state index is 5.61. The number of pyridine rings is 1. The Morgan fingerprint density at radius 2 is 1.89 bits per heavy atom. The van der Waals surface area contributed by atoms with E-state index in [1.54, 1.807) is 0 Å². The van der Waals surface area contributed by atoms with Crippen molar-refractivity contribution in [2.24, 2.45) is 5.73 Å². The van der Waals surface area contributed by atoms with Crippen LogP contribution in [0.1, 0.15) is 5.56 Å². The normalized spacial score (nSPS) is 14.4. The number of anilines is 3. The number of benzene rings is 1. The van der Waals surface area contributed by atoms with Crippen LogP contribution in [0.5, 0.6) is 0 Å². The summed E-state index contributed by atoms with van der Waals surface area (Å²) in [7, 11) is 2.13. The highest BCUT2D eigenvalue weighted by atomic mass is 15.3. The van der Waals surface area contributed by atoms with Crippen LogP contribution < -0.4 is 15.5 Å². The molecule has 0 saturated heterocycles. The van der Waals surface area contributed by atoms with Crippen LogP contribution in [0.2, 0.25) is 0 Å². The Morgan fingerprint density at radius 1 is 1.11 bits per heavy atom. The van der Waals surface area contributed by atoms with E-state index in [2.05, 4.69) is 46.1 Å². The minimum Gasteiger partial charge on any atom is -0.371 e. The third-order valence-corrected chi connectivity index (χ3v) is 3.56. The average Bonchev–Trinajstić information content (AvgIpc) is 2.48. The van der Waals surface area contributed by atoms with Crippen LogP contribution in [0.25, 0.3) is 0 Å². The fourth-order valence-corrected chi connectivity index (χ4v) is 2.44. The zero-order valence-electron chi connectivity index (χ0n) is 11.1. The predicted molar refractivity (Wildman–Crippen MR) is 78.8 cm³/mol. The van der Waals surface area contributed by atoms with Crippen LogP contribution in [0.4, 0.5) is 17.2 Å². The van der Waals surface area contributed by atoms with Gasteiger partial charge < -0.3 is 15.5 Å². The molecule has 1 aliphatic rings. The fraction of sp³-hybridized carbons (Fsp3) is 0.267. The summed E-state index contributed by atoms with van der Waals surface area (Å²) in [5.41, 5.74) is 9.13. The van der Waals surface area contributed by atoms with E-state index in [0.29, 0.717) is 6.54 Å². The molecular formula is C15H18N4. The van der Waals surface area contributed by atoms with E-state index < -0.39 is 0 Å². The lowest BCUT2D eigenvalue weighted by Crippen LogP contribution is -2.36. The average molecular weight is 254 g/mol. The SMILES string of the molecule is CN1CCN(c2ccc(CN)cn2)c2ccccc21. The summed E-state index contributed by atoms with van der Waals surface area (Å²) < 4.78 is 0. The van der Waals surface area contributed by atoms with Crippen molar-refractivity contribution in [3.63, 3.8) is 0 Å². The lowest BCUT2D eigenvalue weighted by molar-refractivity contribution is 0.812. The summed E-state index contributed by atoms with van der Waals surface area (Å²) in [6.45, 7) is 2.48. The van der Waals surface area contributed by atoms with Gasteiger partial charge in [-0.1, -0.05) is 18.2 Å². The zero-order valence-corrected chi connectivity index (χ0v) is 11.1. The molecule has 1 aliphatic heterocycles. The number of fused-ring (bicyclic) bond motifs is 1. The Labute approximate surface area is 113 Å². The number of hydrogen-bond donors (Lipinski definition) is 1. The summed E-state index contributed by atoms with van der Waals surface area (Å²) in [5, 5.41) is 0. The summed E-state index contributed by atoms with van der Waals surface area (Å²) in [4.78, 5) is 9.06. The van der Waals surface area contributed by atoms with Gasteiger partial charge in [-0.15, -0.1) is 0 Å². The molecule has 4 nitrogen and oxygen atoms in total. The minimum absolute atomic E-state index is 0.534. The largest absolute Gasteiger partial charge is 0.371 e. The smallest absolute Gasteiger partial charge is 0.133 e. The molecule has 1 aromatic carbocycles. The van der Waals surface area contributed by atoms with Crippen LogP contribution >= 0.6 is 0 Å². The Kier molecular flexibility index (Phi) is 3.09. The van der Waals surface area contributed by atoms with Gasteiger partial charge in [-0.25, -0.2) is 4.98 Å². The predicted octanol–water partition coefficient (Wildman–Crippen LogP) is 2.13. The molecule has 19 heavy (non-hydrogen) atoms. The molecule has 0 bridgehead atoms. The number of rotatable bonds is 2. The van der Waals surface area contributed by atoms with Gasteiger partial charge in [0.05, 0.1) is 11.4 Å². The summed E-state index contributed by atoms with van der Waals surface area (Å²) in [5.74, 6) is 0.984. The monoisotopic (exact) mass is 254 g/mol. The van der Waals surface area contributed by atoms with Crippen molar-refractivity contribution >= 4 is 17.2 Å². The van der Waals surface area contributed by atoms with Crippen molar-refractivity contribution in [1.29, 1.82) is 0 Å². The second-order valence-corrected chi connectivity index (χ2v) is 4.79. The number of likely N-dealkylation sites (N-methyl/N-ethyl adjacent to an activating group) is 1. The first-order valence-corrected chi connectivity index (χ1v) is 6.52. The van der Waals surface area contributed by atoms with Gasteiger partial charge in [0.1, 0.15) is 5.82 Å². The Balaban J connectivity index is 1.99. The standard InChI is InChI=1S/C15H18N4/c1-18-8-9-19(14-5-3-2-4-13(14)18)15-7-6-12(10-16)11-17-15/h2-7,11H,8-10,16H2,1H3. The van der Waals surface area contributed by atoms with Gasteiger partial charge in [-0.2, -0.15) is 0 Å². The molecule has 2 aromatic rings. The van der Waals surface area contributed by atoms with Crippen LogP contribution in [0.3, 0.4) is 0 Å². The third kappa shape index (κ3) is 2.15. The van der Waals surface area contributed by atoms with Crippen molar-refractivity contribution in [1.82, 2.24) is 4.98 Å². The molecule has 2 heterocycles. The minimum atomic E-state index is 0.534. The van der Waals surface area contributed by atoms with Crippen molar-refractivity contribution < 1.29 is 0 Å². The number of hydrogen-bond acceptors (Lipinski definition) is 4. The Hall–Kier alpha value is -2.07. The summed E-state index contributed by atoms with van der Waals surface area (Å²) >= 11 is 0. The first-order chi connectivity index (χ1) is 9.29. The first kappa shape index (κ1) is 12.0. The topological polar surface area (TPSA) is 45.4 Å². The summed E-state index contributed by atoms with van der Waals surface area (Å²) in [6, 6.07) is 12.5. The lowest BCUT2D eigenvalue weighted by atomic mass is 10.1. The van der Waals surface area contributed by atoms with E-state index in [1.807, 2.05) is 18.3 Å². The van der Waals surface area contributed by atoms with Crippen molar-refractivity contribution in [2.75, 3.05) is 29.9 Å². The number of nitrogens with zero attached hydrogens (tertiary/aromatic N) is 3. The Morgan fingerprint density at radius 3 is 2.58 bits per heavy atom. The molecule has 0 amide bonds. The van der Waals surface area contributed by atoms with Crippen LogP contribution in [0, 0.1) is 0 Å². The molecule has 0 radical (unpaired) electrons. The second kappa shape index (κ2) is 4.90. The highest BCUT2D eigenvalue weighted by Crippen LogP contribution is 2.35. The molecule has 2 N–H and O–H groups in total. The molecule has 4 heteroatoms. The van der Waals surface area contributed by atoms with Gasteiger partial charge >= 0.3 is 0 Å². The fourth-order valence-electron chi connectivity index (χ4n) is 2.44. The molecular weight excluding hydrogens is 236 g/mol.